The summed E-state index contributed by atoms with van der Waals surface area (Å²) in [6.07, 6.45) is -4.58. The van der Waals surface area contributed by atoms with Gasteiger partial charge in [-0.25, -0.2) is 62.6 Å². The number of pyridine rings is 3. The Morgan fingerprint density at radius 2 is 0.650 bits per heavy atom. The number of imidazole rings is 4. The quantitative estimate of drug-likeness (QED) is 0.0314. The number of halogens is 12. The van der Waals surface area contributed by atoms with Gasteiger partial charge in [0.15, 0.2) is 0 Å². The molecule has 4 aliphatic heterocycles. The van der Waals surface area contributed by atoms with E-state index in [4.69, 9.17) is 64.6 Å². The minimum absolute atomic E-state index is 0. The molecule has 4 saturated heterocycles. The van der Waals surface area contributed by atoms with Gasteiger partial charge in [-0.05, 0) is 93.3 Å². The molecule has 0 radical (unpaired) electrons. The summed E-state index contributed by atoms with van der Waals surface area (Å²) in [4.78, 5) is 139. The minimum atomic E-state index is -5.08. The van der Waals surface area contributed by atoms with Crippen LogP contribution in [-0.4, -0.2) is 277 Å². The maximum Gasteiger partial charge on any atom is 0.490 e. The van der Waals surface area contributed by atoms with E-state index in [0.29, 0.717) is 103 Å². The third kappa shape index (κ3) is 32.7. The Morgan fingerprint density at radius 1 is 0.350 bits per heavy atom. The lowest BCUT2D eigenvalue weighted by molar-refractivity contribution is -0.193. The highest BCUT2D eigenvalue weighted by Crippen LogP contribution is 2.27. The number of carboxylic acids is 5. The van der Waals surface area contributed by atoms with Crippen LogP contribution in [0.5, 0.6) is 0 Å². The molecule has 4 aliphatic rings. The largest absolute Gasteiger partial charge is 0.490 e. The molecule has 41 nitrogen and oxygen atoms in total. The van der Waals surface area contributed by atoms with Crippen molar-refractivity contribution in [1.82, 2.24) is 114 Å². The molecule has 9 N–H and O–H groups in total. The highest BCUT2D eigenvalue weighted by molar-refractivity contribution is 5.87. The van der Waals surface area contributed by atoms with Crippen LogP contribution in [0.15, 0.2) is 142 Å². The van der Waals surface area contributed by atoms with Crippen molar-refractivity contribution in [1.29, 1.82) is 0 Å². The molecule has 0 atom stereocenters. The fourth-order valence-corrected chi connectivity index (χ4v) is 13.5. The van der Waals surface area contributed by atoms with Gasteiger partial charge in [-0.15, -0.1) is 23.7 Å². The molecule has 0 spiro atoms. The molecule has 12 aromatic rings. The van der Waals surface area contributed by atoms with Crippen molar-refractivity contribution in [3.8, 4) is 47.4 Å². The van der Waals surface area contributed by atoms with Crippen molar-refractivity contribution in [2.75, 3.05) is 124 Å². The van der Waals surface area contributed by atoms with Gasteiger partial charge in [-0.3, -0.25) is 52.4 Å². The number of nitrogens with one attached hydrogen (secondary N) is 4. The Balaban J connectivity index is 0.000000266. The number of hydrogen-bond donors (Lipinski definition) is 9. The van der Waals surface area contributed by atoms with Gasteiger partial charge in [0.2, 0.25) is 23.8 Å². The minimum Gasteiger partial charge on any atom is -0.478 e. The first-order valence-corrected chi connectivity index (χ1v) is 42.2. The molecular formula is C90H103F12N27O14. The molecule has 0 unspecified atom stereocenters. The van der Waals surface area contributed by atoms with Crippen LogP contribution in [0.25, 0.3) is 44.1 Å². The molecule has 1 aromatic carbocycles. The van der Waals surface area contributed by atoms with E-state index < -0.39 is 54.6 Å². The van der Waals surface area contributed by atoms with Crippen LogP contribution in [0.1, 0.15) is 82.7 Å². The number of nitrogens with zero attached hydrogens (tertiary/aromatic N) is 23. The molecule has 143 heavy (non-hydrogen) atoms. The normalized spacial score (nSPS) is 13.2. The predicted molar refractivity (Wildman–Crippen MR) is 503 cm³/mol. The lowest BCUT2D eigenvalue weighted by Gasteiger charge is -2.28. The van der Waals surface area contributed by atoms with Gasteiger partial charge in [0.05, 0.1) is 81.9 Å². The summed E-state index contributed by atoms with van der Waals surface area (Å²) >= 11 is 0. The zero-order valence-corrected chi connectivity index (χ0v) is 75.0. The molecule has 766 valence electrons. The van der Waals surface area contributed by atoms with Gasteiger partial charge in [-0.2, -0.15) is 73.1 Å². The summed E-state index contributed by atoms with van der Waals surface area (Å²) in [5.74, 6) is 15.0. The monoisotopic (exact) mass is 2010 g/mol. The summed E-state index contributed by atoms with van der Waals surface area (Å²) in [6.45, 7) is 24.1. The number of aromatic carboxylic acids is 1. The standard InChI is InChI=1S/C22H24N6O3.3C19H21N7O.4C2HF3O2.3CH4/c1-2-3-11-27-19-18(25-22(27)26-13-9-23-10-14-26)15-24-28(20(19)29)12-8-16-4-6-17(7-5-16)21(30)31;1-2-3-10-25-17-16(23-19(25)24-11-8-21-9-12-24)13-22-26(18(17)27)14-15-4-6-20-7-5-15;1-2-3-9-25-17-16(23-19(25)24-10-7-20-8-11-24)13-22-26(18(17)27)14-15-5-4-6-21-12-15;1-2-3-10-25-17-16(23-19(25)24-11-8-20-9-12-24)13-22-26(18(17)27)14-15-6-4-5-7-21-15;4*3-2(4,5)1(6)7;;;/h4-7,15,23H,8-14H2,1H3,(H,30,31);4-7,13,21H,8-12,14H2,1H3;4-6,12-13,20H,7-11,14H2,1H3;4-7,13,20H,8-12,14H2,1H3;4*(H,6,7);3*1H4. The molecule has 0 amide bonds. The molecular weight excluding hydrogens is 1910 g/mol. The lowest BCUT2D eigenvalue weighted by Crippen LogP contribution is -2.44. The van der Waals surface area contributed by atoms with E-state index in [-0.39, 0.29) is 50.1 Å². The number of carbonyl (C=O) groups is 5. The van der Waals surface area contributed by atoms with Crippen LogP contribution in [0.2, 0.25) is 0 Å². The lowest BCUT2D eigenvalue weighted by atomic mass is 10.1. The Kier molecular flexibility index (Phi) is 44.0. The molecule has 4 fully saturated rings. The maximum atomic E-state index is 13.3. The van der Waals surface area contributed by atoms with E-state index in [9.17, 15) is 76.7 Å². The first-order chi connectivity index (χ1) is 66.7. The summed E-state index contributed by atoms with van der Waals surface area (Å²) in [7, 11) is 0. The first-order valence-electron chi connectivity index (χ1n) is 42.2. The number of aliphatic carboxylic acids is 4. The zero-order chi connectivity index (χ0) is 102. The zero-order valence-electron chi connectivity index (χ0n) is 75.0. The molecule has 53 heteroatoms. The summed E-state index contributed by atoms with van der Waals surface area (Å²) in [5.41, 5.74) is 7.68. The molecule has 11 aromatic heterocycles. The fourth-order valence-electron chi connectivity index (χ4n) is 13.5. The van der Waals surface area contributed by atoms with E-state index in [0.717, 1.165) is 151 Å². The smallest absolute Gasteiger partial charge is 0.478 e. The van der Waals surface area contributed by atoms with Crippen molar-refractivity contribution in [3.05, 3.63) is 192 Å². The molecule has 0 aliphatic carbocycles. The van der Waals surface area contributed by atoms with E-state index in [1.165, 1.54) is 18.7 Å². The van der Waals surface area contributed by atoms with Gasteiger partial charge >= 0.3 is 54.6 Å². The van der Waals surface area contributed by atoms with Gasteiger partial charge in [-0.1, -0.05) is 70.2 Å². The van der Waals surface area contributed by atoms with Crippen molar-refractivity contribution in [2.45, 2.75) is 133 Å². The highest BCUT2D eigenvalue weighted by atomic mass is 19.4. The number of hydrogen-bond acceptors (Lipinski definition) is 28. The second-order valence-electron chi connectivity index (χ2n) is 29.6. The van der Waals surface area contributed by atoms with Gasteiger partial charge in [0.25, 0.3) is 22.2 Å². The average molecular weight is 2010 g/mol. The van der Waals surface area contributed by atoms with Gasteiger partial charge < -0.3 is 66.4 Å². The second kappa shape index (κ2) is 54.4. The van der Waals surface area contributed by atoms with E-state index in [2.05, 4.69) is 124 Å². The number of aromatic nitrogens is 19. The Hall–Kier alpha value is -16.1. The Bertz CT molecular complexity index is 6290. The fraction of sp³-hybridized carbons (Fsp3) is 0.400. The van der Waals surface area contributed by atoms with Crippen molar-refractivity contribution in [3.63, 3.8) is 0 Å². The number of aryl methyl sites for hydroxylation is 2. The van der Waals surface area contributed by atoms with Gasteiger partial charge in [0.1, 0.15) is 44.1 Å². The SMILES string of the molecule is C.C.C.CC#CCn1c(N2CCNCC2)nc2cnn(CCc3ccc(C(=O)O)cc3)c(=O)c21.CC#CCn1c(N2CCNCC2)nc2cnn(Cc3ccccn3)c(=O)c21.CC#CCn1c(N2CCNCC2)nc2cnn(Cc3cccnc3)c(=O)c21.CC#CCn1c(N2CCNCC2)nc2cnn(Cc3ccncc3)c(=O)c21.O=C(O)C(F)(F)F.O=C(O)C(F)(F)F.O=C(O)C(F)(F)F.O=C(O)C(F)(F)F. The number of benzene rings is 1. The Morgan fingerprint density at radius 3 is 0.930 bits per heavy atom. The molecule has 16 rings (SSSR count). The van der Waals surface area contributed by atoms with Crippen LogP contribution in [-0.2, 0) is 78.0 Å². The number of piperazine rings is 4. The second-order valence-corrected chi connectivity index (χ2v) is 29.6. The van der Waals surface area contributed by atoms with Gasteiger partial charge in [0, 0.05) is 142 Å². The highest BCUT2D eigenvalue weighted by Gasteiger charge is 2.41. The molecule has 15 heterocycles. The van der Waals surface area contributed by atoms with Crippen LogP contribution in [0.4, 0.5) is 76.5 Å². The van der Waals surface area contributed by atoms with Crippen molar-refractivity contribution < 1.29 is 102 Å². The third-order valence-electron chi connectivity index (χ3n) is 20.1. The van der Waals surface area contributed by atoms with Crippen LogP contribution < -0.4 is 63.1 Å². The number of alkyl halides is 12. The number of rotatable bonds is 18. The van der Waals surface area contributed by atoms with Crippen molar-refractivity contribution in [2.24, 2.45) is 0 Å². The van der Waals surface area contributed by atoms with Crippen LogP contribution >= 0.6 is 0 Å². The number of anilines is 4. The van der Waals surface area contributed by atoms with Crippen LogP contribution in [0, 0.1) is 47.4 Å². The number of carboxylic acid groups (broad SMARTS) is 5. The summed E-state index contributed by atoms with van der Waals surface area (Å²) < 4.78 is 140. The summed E-state index contributed by atoms with van der Waals surface area (Å²) in [5, 5.41) is 68.1. The van der Waals surface area contributed by atoms with Crippen LogP contribution in [0.3, 0.4) is 0 Å². The first kappa shape index (κ1) is 116. The van der Waals surface area contributed by atoms with Crippen molar-refractivity contribution >= 4 is 97.8 Å². The molecule has 0 bridgehead atoms. The van der Waals surface area contributed by atoms with E-state index >= 15 is 0 Å². The molecule has 0 saturated carbocycles. The maximum absolute atomic E-state index is 13.3. The predicted octanol–water partition coefficient (Wildman–Crippen LogP) is 6.82. The van der Waals surface area contributed by atoms with E-state index in [1.54, 1.807) is 108 Å². The third-order valence-corrected chi connectivity index (χ3v) is 20.1. The topological polar surface area (TPSA) is 497 Å². The summed E-state index contributed by atoms with van der Waals surface area (Å²) in [6, 6.07) is 19.8. The Labute approximate surface area is 807 Å². The average Bonchev–Trinajstić information content (AvgIpc) is 1.63. The van der Waals surface area contributed by atoms with E-state index in [1.807, 2.05) is 60.7 Å². The number of fused-ring (bicyclic) bond motifs is 4.